The molecule has 0 fully saturated rings. The lowest BCUT2D eigenvalue weighted by atomic mass is 10.0. The highest BCUT2D eigenvalue weighted by atomic mass is 19.1. The van der Waals surface area contributed by atoms with Gasteiger partial charge in [0.15, 0.2) is 11.6 Å². The van der Waals surface area contributed by atoms with Crippen LogP contribution in [0.25, 0.3) is 10.4 Å². The van der Waals surface area contributed by atoms with Gasteiger partial charge in [0, 0.05) is 16.5 Å². The van der Waals surface area contributed by atoms with Crippen LogP contribution in [0.3, 0.4) is 0 Å². The van der Waals surface area contributed by atoms with Gasteiger partial charge in [-0.2, -0.15) is 0 Å². The average Bonchev–Trinajstić information content (AvgIpc) is 2.29. The Morgan fingerprint density at radius 1 is 1.35 bits per heavy atom. The Morgan fingerprint density at radius 2 is 2.00 bits per heavy atom. The zero-order valence-electron chi connectivity index (χ0n) is 8.46. The molecule has 0 amide bonds. The molecular formula is C9H9F2N3O3. The van der Waals surface area contributed by atoms with Gasteiger partial charge in [0.05, 0.1) is 12.6 Å². The van der Waals surface area contributed by atoms with Crippen molar-refractivity contribution in [3.05, 3.63) is 39.8 Å². The van der Waals surface area contributed by atoms with Crippen LogP contribution in [0.2, 0.25) is 0 Å². The van der Waals surface area contributed by atoms with Crippen LogP contribution in [0.4, 0.5) is 8.78 Å². The van der Waals surface area contributed by atoms with Gasteiger partial charge in [-0.1, -0.05) is 5.11 Å². The fraction of sp³-hybridized carbons (Fsp3) is 0.333. The molecule has 0 aliphatic rings. The monoisotopic (exact) mass is 245 g/mol. The van der Waals surface area contributed by atoms with Gasteiger partial charge in [-0.15, -0.1) is 0 Å². The molecule has 3 N–H and O–H groups in total. The first kappa shape index (κ1) is 13.2. The number of phenolic OH excluding ortho intramolecular Hbond substituents is 1. The Bertz CT molecular complexity index is 463. The molecule has 0 saturated carbocycles. The van der Waals surface area contributed by atoms with Gasteiger partial charge >= 0.3 is 0 Å². The Labute approximate surface area is 94.4 Å². The highest BCUT2D eigenvalue weighted by Crippen LogP contribution is 2.30. The second-order valence-electron chi connectivity index (χ2n) is 3.25. The molecule has 17 heavy (non-hydrogen) atoms. The maximum absolute atomic E-state index is 13.0. The number of aliphatic hydroxyl groups excluding tert-OH is 2. The summed E-state index contributed by atoms with van der Waals surface area (Å²) in [6, 6.07) is 1.12. The third kappa shape index (κ3) is 3.04. The fourth-order valence-corrected chi connectivity index (χ4v) is 1.24. The standard InChI is InChI=1S/C9H9F2N3O3/c10-4-1-5(8(16)6(11)2-4)9(17)7(15)3-13-14-12/h1-2,7,9,15-17H,3H2. The van der Waals surface area contributed by atoms with E-state index in [1.54, 1.807) is 0 Å². The lowest BCUT2D eigenvalue weighted by molar-refractivity contribution is 0.0225. The van der Waals surface area contributed by atoms with Gasteiger partial charge in [0.2, 0.25) is 0 Å². The van der Waals surface area contributed by atoms with Gasteiger partial charge in [0.1, 0.15) is 11.9 Å². The third-order valence-corrected chi connectivity index (χ3v) is 2.07. The summed E-state index contributed by atoms with van der Waals surface area (Å²) in [6.45, 7) is -0.491. The van der Waals surface area contributed by atoms with E-state index in [-0.39, 0.29) is 0 Å². The first-order chi connectivity index (χ1) is 7.97. The minimum absolute atomic E-state index is 0.436. The van der Waals surface area contributed by atoms with Crippen molar-refractivity contribution >= 4 is 0 Å². The minimum Gasteiger partial charge on any atom is -0.505 e. The molecular weight excluding hydrogens is 236 g/mol. The number of aromatic hydroxyl groups is 1. The zero-order valence-corrected chi connectivity index (χ0v) is 8.46. The highest BCUT2D eigenvalue weighted by Gasteiger charge is 2.23. The largest absolute Gasteiger partial charge is 0.505 e. The number of aliphatic hydroxyl groups is 2. The topological polar surface area (TPSA) is 109 Å². The number of phenols is 1. The summed E-state index contributed by atoms with van der Waals surface area (Å²) < 4.78 is 25.8. The van der Waals surface area contributed by atoms with Crippen molar-refractivity contribution in [2.45, 2.75) is 12.2 Å². The van der Waals surface area contributed by atoms with Crippen molar-refractivity contribution in [1.82, 2.24) is 0 Å². The number of hydrogen-bond acceptors (Lipinski definition) is 4. The van der Waals surface area contributed by atoms with Gasteiger partial charge < -0.3 is 15.3 Å². The molecule has 1 aromatic rings. The first-order valence-corrected chi connectivity index (χ1v) is 4.52. The molecule has 2 atom stereocenters. The van der Waals surface area contributed by atoms with Crippen LogP contribution in [-0.4, -0.2) is 28.0 Å². The molecule has 0 bridgehead atoms. The molecule has 0 aliphatic carbocycles. The zero-order chi connectivity index (χ0) is 13.0. The smallest absolute Gasteiger partial charge is 0.168 e. The summed E-state index contributed by atoms with van der Waals surface area (Å²) in [5, 5.41) is 31.1. The fourth-order valence-electron chi connectivity index (χ4n) is 1.24. The Hall–Kier alpha value is -1.89. The molecule has 1 aromatic carbocycles. The van der Waals surface area contributed by atoms with Crippen molar-refractivity contribution in [2.75, 3.05) is 6.54 Å². The van der Waals surface area contributed by atoms with Crippen molar-refractivity contribution in [2.24, 2.45) is 5.11 Å². The molecule has 0 aliphatic heterocycles. The summed E-state index contributed by atoms with van der Waals surface area (Å²) in [7, 11) is 0. The van der Waals surface area contributed by atoms with E-state index in [4.69, 9.17) is 5.53 Å². The lowest BCUT2D eigenvalue weighted by Gasteiger charge is -2.17. The molecule has 8 heteroatoms. The minimum atomic E-state index is -1.76. The molecule has 0 aromatic heterocycles. The molecule has 0 saturated heterocycles. The number of hydrogen-bond donors (Lipinski definition) is 3. The van der Waals surface area contributed by atoms with Gasteiger partial charge in [0.25, 0.3) is 0 Å². The van der Waals surface area contributed by atoms with Crippen molar-refractivity contribution in [1.29, 1.82) is 0 Å². The molecule has 0 spiro atoms. The van der Waals surface area contributed by atoms with E-state index in [1.165, 1.54) is 0 Å². The van der Waals surface area contributed by atoms with Crippen LogP contribution in [0.5, 0.6) is 5.75 Å². The Kier molecular flexibility index (Phi) is 4.22. The van der Waals surface area contributed by atoms with Gasteiger partial charge in [-0.25, -0.2) is 8.78 Å². The first-order valence-electron chi connectivity index (χ1n) is 4.52. The number of benzene rings is 1. The quantitative estimate of drug-likeness (QED) is 0.423. The van der Waals surface area contributed by atoms with E-state index in [0.717, 1.165) is 0 Å². The Balaban J connectivity index is 3.02. The summed E-state index contributed by atoms with van der Waals surface area (Å²) >= 11 is 0. The summed E-state index contributed by atoms with van der Waals surface area (Å²) in [5.41, 5.74) is 7.50. The SMILES string of the molecule is [N-]=[N+]=NCC(O)C(O)c1cc(F)cc(F)c1O. The number of nitrogens with zero attached hydrogens (tertiary/aromatic N) is 3. The van der Waals surface area contributed by atoms with Crippen LogP contribution in [0, 0.1) is 11.6 Å². The molecule has 2 unspecified atom stereocenters. The van der Waals surface area contributed by atoms with E-state index in [9.17, 15) is 24.1 Å². The number of halogens is 2. The van der Waals surface area contributed by atoms with Gasteiger partial charge in [-0.3, -0.25) is 0 Å². The molecule has 1 rings (SSSR count). The maximum Gasteiger partial charge on any atom is 0.168 e. The number of rotatable bonds is 4. The van der Waals surface area contributed by atoms with Crippen LogP contribution < -0.4 is 0 Å². The van der Waals surface area contributed by atoms with E-state index >= 15 is 0 Å². The lowest BCUT2D eigenvalue weighted by Crippen LogP contribution is -2.21. The summed E-state index contributed by atoms with van der Waals surface area (Å²) in [4.78, 5) is 2.35. The third-order valence-electron chi connectivity index (χ3n) is 2.07. The predicted molar refractivity (Wildman–Crippen MR) is 53.0 cm³/mol. The Morgan fingerprint density at radius 3 is 2.59 bits per heavy atom. The van der Waals surface area contributed by atoms with Crippen molar-refractivity contribution in [3.8, 4) is 5.75 Å². The van der Waals surface area contributed by atoms with Crippen LogP contribution in [0.1, 0.15) is 11.7 Å². The normalized spacial score (nSPS) is 13.9. The maximum atomic E-state index is 13.0. The summed E-state index contributed by atoms with van der Waals surface area (Å²) in [6.07, 6.45) is -3.33. The van der Waals surface area contributed by atoms with Crippen LogP contribution in [-0.2, 0) is 0 Å². The molecule has 6 nitrogen and oxygen atoms in total. The second-order valence-corrected chi connectivity index (χ2v) is 3.25. The van der Waals surface area contributed by atoms with Crippen LogP contribution >= 0.6 is 0 Å². The molecule has 92 valence electrons. The van der Waals surface area contributed by atoms with E-state index < -0.39 is 41.7 Å². The van der Waals surface area contributed by atoms with E-state index in [2.05, 4.69) is 10.0 Å². The van der Waals surface area contributed by atoms with Crippen LogP contribution in [0.15, 0.2) is 17.2 Å². The summed E-state index contributed by atoms with van der Waals surface area (Å²) in [5.74, 6) is -3.22. The predicted octanol–water partition coefficient (Wildman–Crippen LogP) is 1.38. The average molecular weight is 245 g/mol. The van der Waals surface area contributed by atoms with Gasteiger partial charge in [-0.05, 0) is 11.6 Å². The molecule has 0 heterocycles. The van der Waals surface area contributed by atoms with E-state index in [0.29, 0.717) is 12.1 Å². The second kappa shape index (κ2) is 5.44. The molecule has 0 radical (unpaired) electrons. The van der Waals surface area contributed by atoms with E-state index in [1.807, 2.05) is 0 Å². The number of azide groups is 1. The highest BCUT2D eigenvalue weighted by molar-refractivity contribution is 5.36. The van der Waals surface area contributed by atoms with Crippen molar-refractivity contribution in [3.63, 3.8) is 0 Å². The van der Waals surface area contributed by atoms with Crippen molar-refractivity contribution < 1.29 is 24.1 Å².